The van der Waals surface area contributed by atoms with Crippen molar-refractivity contribution in [3.05, 3.63) is 23.7 Å². The molecule has 2 aromatic rings. The van der Waals surface area contributed by atoms with Gasteiger partial charge < -0.3 is 14.7 Å². The Morgan fingerprint density at radius 3 is 2.42 bits per heavy atom. The van der Waals surface area contributed by atoms with Crippen LogP contribution in [-0.2, 0) is 12.7 Å². The zero-order valence-corrected chi connectivity index (χ0v) is 11.3. The lowest BCUT2D eigenvalue weighted by atomic mass is 10.1. The molecule has 0 spiro atoms. The van der Waals surface area contributed by atoms with Crippen LogP contribution in [0.15, 0.2) is 17.0 Å². The van der Waals surface area contributed by atoms with Crippen LogP contribution in [0.2, 0.25) is 0 Å². The number of alkyl halides is 6. The molecule has 0 saturated carbocycles. The summed E-state index contributed by atoms with van der Waals surface area (Å²) < 4.78 is 80.8. The van der Waals surface area contributed by atoms with Gasteiger partial charge in [-0.15, -0.1) is 0 Å². The number of aliphatic hydroxyl groups is 1. The number of carboxylic acid groups (broad SMARTS) is 1. The second-order valence-corrected chi connectivity index (χ2v) is 4.53. The van der Waals surface area contributed by atoms with Crippen molar-refractivity contribution in [1.29, 1.82) is 0 Å². The lowest BCUT2D eigenvalue weighted by molar-refractivity contribution is -0.209. The van der Waals surface area contributed by atoms with Gasteiger partial charge in [-0.1, -0.05) is 5.16 Å². The molecule has 0 aliphatic heterocycles. The van der Waals surface area contributed by atoms with Crippen molar-refractivity contribution in [3.63, 3.8) is 0 Å². The molecule has 24 heavy (non-hydrogen) atoms. The number of hydrogen-bond acceptors (Lipinski definition) is 5. The van der Waals surface area contributed by atoms with Gasteiger partial charge >= 0.3 is 18.3 Å². The van der Waals surface area contributed by atoms with E-state index in [0.29, 0.717) is 12.5 Å². The summed E-state index contributed by atoms with van der Waals surface area (Å²) in [6.45, 7) is -1.53. The van der Waals surface area contributed by atoms with Crippen molar-refractivity contribution in [2.45, 2.75) is 25.0 Å². The van der Waals surface area contributed by atoms with Crippen molar-refractivity contribution in [2.24, 2.45) is 0 Å². The summed E-state index contributed by atoms with van der Waals surface area (Å²) in [5.74, 6) is -1.65. The molecular formula is C11H7F6N3O4. The largest absolute Gasteiger partial charge is 0.477 e. The van der Waals surface area contributed by atoms with Gasteiger partial charge in [-0.3, -0.25) is 4.68 Å². The van der Waals surface area contributed by atoms with E-state index in [-0.39, 0.29) is 4.68 Å². The number of carboxylic acids is 1. The minimum Gasteiger partial charge on any atom is -0.477 e. The van der Waals surface area contributed by atoms with Crippen molar-refractivity contribution in [3.8, 4) is 11.3 Å². The minimum atomic E-state index is -5.19. The number of nitrogens with zero attached hydrogens (tertiary/aromatic N) is 3. The highest BCUT2D eigenvalue weighted by Crippen LogP contribution is 2.38. The SMILES string of the molecule is O=C(O)c1conc1-c1cnn(CC(O)C(F)(F)F)c1C(F)(F)F. The monoisotopic (exact) mass is 359 g/mol. The number of rotatable bonds is 4. The van der Waals surface area contributed by atoms with Crippen LogP contribution in [0, 0.1) is 0 Å². The molecule has 0 bridgehead atoms. The molecule has 1 unspecified atom stereocenters. The summed E-state index contributed by atoms with van der Waals surface area (Å²) in [4.78, 5) is 10.9. The van der Waals surface area contributed by atoms with E-state index in [0.717, 1.165) is 0 Å². The zero-order chi connectivity index (χ0) is 18.3. The van der Waals surface area contributed by atoms with Gasteiger partial charge in [0.1, 0.15) is 17.5 Å². The van der Waals surface area contributed by atoms with Crippen LogP contribution >= 0.6 is 0 Å². The Kier molecular flexibility index (Phi) is 4.31. The second kappa shape index (κ2) is 5.81. The molecule has 0 aromatic carbocycles. The van der Waals surface area contributed by atoms with Crippen LogP contribution in [0.25, 0.3) is 11.3 Å². The molecule has 2 heterocycles. The van der Waals surface area contributed by atoms with Gasteiger partial charge in [0.05, 0.1) is 18.3 Å². The van der Waals surface area contributed by atoms with Gasteiger partial charge in [0.15, 0.2) is 11.8 Å². The maximum Gasteiger partial charge on any atom is 0.433 e. The van der Waals surface area contributed by atoms with Crippen LogP contribution in [0.3, 0.4) is 0 Å². The number of halogens is 6. The summed E-state index contributed by atoms with van der Waals surface area (Å²) in [6.07, 6.45) is -12.4. The number of aromatic nitrogens is 3. The third-order valence-corrected chi connectivity index (χ3v) is 2.89. The molecular weight excluding hydrogens is 352 g/mol. The van der Waals surface area contributed by atoms with E-state index in [2.05, 4.69) is 14.8 Å². The average molecular weight is 359 g/mol. The van der Waals surface area contributed by atoms with Gasteiger partial charge in [-0.2, -0.15) is 31.4 Å². The molecule has 132 valence electrons. The second-order valence-electron chi connectivity index (χ2n) is 4.53. The summed E-state index contributed by atoms with van der Waals surface area (Å²) in [7, 11) is 0. The fraction of sp³-hybridized carbons (Fsp3) is 0.364. The first-order chi connectivity index (χ1) is 10.9. The number of hydrogen-bond donors (Lipinski definition) is 2. The fourth-order valence-corrected chi connectivity index (χ4v) is 1.85. The minimum absolute atomic E-state index is 0.117. The van der Waals surface area contributed by atoms with Gasteiger partial charge in [0.2, 0.25) is 0 Å². The van der Waals surface area contributed by atoms with Crippen LogP contribution < -0.4 is 0 Å². The molecule has 0 saturated heterocycles. The quantitative estimate of drug-likeness (QED) is 0.812. The highest BCUT2D eigenvalue weighted by atomic mass is 19.4. The maximum atomic E-state index is 13.2. The predicted molar refractivity (Wildman–Crippen MR) is 61.7 cm³/mol. The Labute approximate surface area is 128 Å². The van der Waals surface area contributed by atoms with E-state index in [1.807, 2.05) is 0 Å². The standard InChI is InChI=1S/C11H7F6N3O4/c12-10(13,14)6(21)2-20-8(11(15,16)17)4(1-18-20)7-5(9(22)23)3-24-19-7/h1,3,6,21H,2H2,(H,22,23). The Bertz CT molecular complexity index is 748. The number of carbonyl (C=O) groups is 1. The molecule has 7 nitrogen and oxygen atoms in total. The van der Waals surface area contributed by atoms with E-state index in [1.54, 1.807) is 0 Å². The van der Waals surface area contributed by atoms with Crippen LogP contribution in [0.1, 0.15) is 16.1 Å². The third kappa shape index (κ3) is 3.34. The molecule has 1 atom stereocenters. The fourth-order valence-electron chi connectivity index (χ4n) is 1.85. The Morgan fingerprint density at radius 2 is 1.92 bits per heavy atom. The van der Waals surface area contributed by atoms with Crippen molar-refractivity contribution in [1.82, 2.24) is 14.9 Å². The predicted octanol–water partition coefficient (Wildman–Crippen LogP) is 2.18. The van der Waals surface area contributed by atoms with Gasteiger partial charge in [-0.05, 0) is 0 Å². The van der Waals surface area contributed by atoms with Gasteiger partial charge in [0, 0.05) is 0 Å². The molecule has 0 fully saturated rings. The lowest BCUT2D eigenvalue weighted by Gasteiger charge is -2.17. The molecule has 2 aromatic heterocycles. The first kappa shape index (κ1) is 17.8. The molecule has 2 rings (SSSR count). The summed E-state index contributed by atoms with van der Waals surface area (Å²) in [5, 5.41) is 24.1. The molecule has 0 aliphatic rings. The normalized spacial score (nSPS) is 14.0. The van der Waals surface area contributed by atoms with Crippen LogP contribution in [0.5, 0.6) is 0 Å². The van der Waals surface area contributed by atoms with Crippen molar-refractivity contribution < 1.29 is 45.9 Å². The van der Waals surface area contributed by atoms with Crippen LogP contribution in [-0.4, -0.2) is 43.4 Å². The van der Waals surface area contributed by atoms with Crippen LogP contribution in [0.4, 0.5) is 26.3 Å². The molecule has 2 N–H and O–H groups in total. The number of aromatic carboxylic acids is 1. The summed E-state index contributed by atoms with van der Waals surface area (Å²) in [5.41, 5.74) is -4.05. The van der Waals surface area contributed by atoms with Crippen molar-refractivity contribution >= 4 is 5.97 Å². The first-order valence-corrected chi connectivity index (χ1v) is 5.98. The molecule has 0 radical (unpaired) electrons. The lowest BCUT2D eigenvalue weighted by Crippen LogP contribution is -2.34. The zero-order valence-electron chi connectivity index (χ0n) is 11.3. The van der Waals surface area contributed by atoms with Gasteiger partial charge in [-0.25, -0.2) is 4.79 Å². The van der Waals surface area contributed by atoms with E-state index >= 15 is 0 Å². The Morgan fingerprint density at radius 1 is 1.29 bits per heavy atom. The molecule has 0 aliphatic carbocycles. The van der Waals surface area contributed by atoms with E-state index in [1.165, 1.54) is 0 Å². The smallest absolute Gasteiger partial charge is 0.433 e. The Balaban J connectivity index is 2.55. The number of aliphatic hydroxyl groups excluding tert-OH is 1. The summed E-state index contributed by atoms with van der Waals surface area (Å²) >= 11 is 0. The molecule has 13 heteroatoms. The Hall–Kier alpha value is -2.57. The topological polar surface area (TPSA) is 101 Å². The van der Waals surface area contributed by atoms with Gasteiger partial charge in [0.25, 0.3) is 0 Å². The maximum absolute atomic E-state index is 13.2. The first-order valence-electron chi connectivity index (χ1n) is 5.98. The average Bonchev–Trinajstić information content (AvgIpc) is 3.01. The highest BCUT2D eigenvalue weighted by molar-refractivity contribution is 5.94. The van der Waals surface area contributed by atoms with E-state index in [9.17, 15) is 31.1 Å². The highest BCUT2D eigenvalue weighted by Gasteiger charge is 2.44. The molecule has 0 amide bonds. The van der Waals surface area contributed by atoms with Crippen molar-refractivity contribution in [2.75, 3.05) is 0 Å². The van der Waals surface area contributed by atoms with E-state index in [4.69, 9.17) is 10.2 Å². The third-order valence-electron chi connectivity index (χ3n) is 2.89. The van der Waals surface area contributed by atoms with E-state index < -0.39 is 53.5 Å². The summed E-state index contributed by atoms with van der Waals surface area (Å²) in [6, 6.07) is 0.